The van der Waals surface area contributed by atoms with Gasteiger partial charge in [0.25, 0.3) is 21.6 Å². The third-order valence-electron chi connectivity index (χ3n) is 4.12. The highest BCUT2D eigenvalue weighted by Crippen LogP contribution is 2.31. The lowest BCUT2D eigenvalue weighted by Crippen LogP contribution is -2.33. The van der Waals surface area contributed by atoms with Crippen LogP contribution in [-0.2, 0) is 14.8 Å². The number of ether oxygens (including phenoxy) is 1. The SMILES string of the molecule is COc1ccc([N+](=O)[O-])cc1NC(=O)CCN1C(=O)c2ccccc2S1(=O)=O. The van der Waals surface area contributed by atoms with Crippen molar-refractivity contribution in [2.24, 2.45) is 0 Å². The van der Waals surface area contributed by atoms with Crippen molar-refractivity contribution in [2.75, 3.05) is 19.0 Å². The fourth-order valence-electron chi connectivity index (χ4n) is 2.78. The van der Waals surface area contributed by atoms with Crippen molar-refractivity contribution in [1.29, 1.82) is 0 Å². The fourth-order valence-corrected chi connectivity index (χ4v) is 4.34. The Hall–Kier alpha value is -3.47. The second-order valence-corrected chi connectivity index (χ2v) is 7.65. The Bertz CT molecular complexity index is 1080. The second-order valence-electron chi connectivity index (χ2n) is 5.82. The van der Waals surface area contributed by atoms with Gasteiger partial charge in [-0.2, -0.15) is 0 Å². The van der Waals surface area contributed by atoms with E-state index in [1.807, 2.05) is 0 Å². The number of hydrogen-bond acceptors (Lipinski definition) is 7. The van der Waals surface area contributed by atoms with Crippen molar-refractivity contribution < 1.29 is 27.7 Å². The van der Waals surface area contributed by atoms with Crippen molar-refractivity contribution in [2.45, 2.75) is 11.3 Å². The van der Waals surface area contributed by atoms with E-state index in [2.05, 4.69) is 5.32 Å². The molecule has 3 rings (SSSR count). The molecule has 10 nitrogen and oxygen atoms in total. The lowest BCUT2D eigenvalue weighted by molar-refractivity contribution is -0.384. The number of rotatable bonds is 6. The molecular weight excluding hydrogens is 390 g/mol. The summed E-state index contributed by atoms with van der Waals surface area (Å²) in [7, 11) is -2.67. The van der Waals surface area contributed by atoms with E-state index in [1.165, 1.54) is 37.4 Å². The Kier molecular flexibility index (Phi) is 5.01. The molecule has 28 heavy (non-hydrogen) atoms. The number of benzene rings is 2. The Balaban J connectivity index is 1.73. The normalized spacial score (nSPS) is 14.5. The van der Waals surface area contributed by atoms with Gasteiger partial charge in [0.1, 0.15) is 10.6 Å². The van der Waals surface area contributed by atoms with Gasteiger partial charge in [-0.3, -0.25) is 19.7 Å². The third kappa shape index (κ3) is 3.39. The summed E-state index contributed by atoms with van der Waals surface area (Å²) < 4.78 is 30.6. The molecule has 1 aliphatic rings. The third-order valence-corrected chi connectivity index (χ3v) is 5.96. The molecule has 0 aliphatic carbocycles. The van der Waals surface area contributed by atoms with Crippen LogP contribution < -0.4 is 10.1 Å². The molecule has 0 spiro atoms. The number of methoxy groups -OCH3 is 1. The maximum absolute atomic E-state index is 12.5. The predicted octanol–water partition coefficient (Wildman–Crippen LogP) is 1.78. The van der Waals surface area contributed by atoms with Crippen LogP contribution in [0.1, 0.15) is 16.8 Å². The van der Waals surface area contributed by atoms with Gasteiger partial charge in [0, 0.05) is 25.1 Å². The average Bonchev–Trinajstić information content (AvgIpc) is 2.86. The molecule has 1 aliphatic heterocycles. The first-order valence-electron chi connectivity index (χ1n) is 8.04. The fraction of sp³-hybridized carbons (Fsp3) is 0.176. The number of anilines is 1. The first-order chi connectivity index (χ1) is 13.3. The molecule has 0 fully saturated rings. The molecule has 2 amide bonds. The van der Waals surface area contributed by atoms with Gasteiger partial charge in [-0.25, -0.2) is 12.7 Å². The largest absolute Gasteiger partial charge is 0.495 e. The second kappa shape index (κ2) is 7.27. The van der Waals surface area contributed by atoms with Crippen LogP contribution in [0, 0.1) is 10.1 Å². The van der Waals surface area contributed by atoms with Crippen molar-refractivity contribution in [3.8, 4) is 5.75 Å². The van der Waals surface area contributed by atoms with Crippen molar-refractivity contribution in [3.05, 3.63) is 58.1 Å². The van der Waals surface area contributed by atoms with Crippen LogP contribution in [0.25, 0.3) is 0 Å². The van der Waals surface area contributed by atoms with Gasteiger partial charge < -0.3 is 10.1 Å². The van der Waals surface area contributed by atoms with Gasteiger partial charge >= 0.3 is 0 Å². The highest BCUT2D eigenvalue weighted by atomic mass is 32.2. The zero-order chi connectivity index (χ0) is 20.5. The van der Waals surface area contributed by atoms with Gasteiger partial charge in [0.2, 0.25) is 5.91 Å². The first-order valence-corrected chi connectivity index (χ1v) is 9.48. The molecule has 1 N–H and O–H groups in total. The summed E-state index contributed by atoms with van der Waals surface area (Å²) in [4.78, 5) is 34.7. The minimum absolute atomic E-state index is 0.0586. The van der Waals surface area contributed by atoms with E-state index < -0.39 is 26.8 Å². The van der Waals surface area contributed by atoms with Crippen LogP contribution in [0.5, 0.6) is 5.75 Å². The van der Waals surface area contributed by atoms with Gasteiger partial charge in [0.05, 0.1) is 23.3 Å². The maximum atomic E-state index is 12.5. The monoisotopic (exact) mass is 405 g/mol. The van der Waals surface area contributed by atoms with Crippen molar-refractivity contribution >= 4 is 33.2 Å². The number of nitrogens with one attached hydrogen (secondary N) is 1. The smallest absolute Gasteiger partial charge is 0.271 e. The molecule has 1 heterocycles. The summed E-state index contributed by atoms with van der Waals surface area (Å²) >= 11 is 0. The number of nitro groups is 1. The summed E-state index contributed by atoms with van der Waals surface area (Å²) in [6.45, 7) is -0.362. The van der Waals surface area contributed by atoms with E-state index in [1.54, 1.807) is 6.07 Å². The summed E-state index contributed by atoms with van der Waals surface area (Å²) in [6.07, 6.45) is -0.329. The highest BCUT2D eigenvalue weighted by Gasteiger charge is 2.40. The number of amides is 2. The topological polar surface area (TPSA) is 136 Å². The number of hydrogen-bond donors (Lipinski definition) is 1. The minimum Gasteiger partial charge on any atom is -0.495 e. The molecule has 0 saturated heterocycles. The van der Waals surface area contributed by atoms with E-state index in [-0.39, 0.29) is 40.5 Å². The van der Waals surface area contributed by atoms with E-state index in [4.69, 9.17) is 4.74 Å². The van der Waals surface area contributed by atoms with Crippen LogP contribution in [0.2, 0.25) is 0 Å². The number of carbonyl (C=O) groups is 2. The Morgan fingerprint density at radius 1 is 1.25 bits per heavy atom. The van der Waals surface area contributed by atoms with E-state index in [0.29, 0.717) is 4.31 Å². The molecule has 0 bridgehead atoms. The predicted molar refractivity (Wildman–Crippen MR) is 97.6 cm³/mol. The quantitative estimate of drug-likeness (QED) is 0.571. The molecule has 0 aromatic heterocycles. The van der Waals surface area contributed by atoms with Crippen molar-refractivity contribution in [1.82, 2.24) is 4.31 Å². The van der Waals surface area contributed by atoms with E-state index >= 15 is 0 Å². The summed E-state index contributed by atoms with van der Waals surface area (Å²) in [6, 6.07) is 9.48. The number of nitrogens with zero attached hydrogens (tertiary/aromatic N) is 2. The Morgan fingerprint density at radius 3 is 2.61 bits per heavy atom. The van der Waals surface area contributed by atoms with Gasteiger partial charge in [0.15, 0.2) is 0 Å². The molecule has 0 saturated carbocycles. The van der Waals surface area contributed by atoms with Crippen LogP contribution in [0.15, 0.2) is 47.4 Å². The van der Waals surface area contributed by atoms with Crippen LogP contribution >= 0.6 is 0 Å². The molecule has 0 atom stereocenters. The van der Waals surface area contributed by atoms with Gasteiger partial charge in [-0.05, 0) is 18.2 Å². The van der Waals surface area contributed by atoms with Crippen LogP contribution in [0.3, 0.4) is 0 Å². The van der Waals surface area contributed by atoms with Gasteiger partial charge in [-0.1, -0.05) is 12.1 Å². The summed E-state index contributed by atoms with van der Waals surface area (Å²) in [5.74, 6) is -1.12. The molecule has 2 aromatic carbocycles. The molecule has 146 valence electrons. The molecule has 11 heteroatoms. The Labute approximate surface area is 159 Å². The summed E-state index contributed by atoms with van der Waals surface area (Å²) in [5, 5.41) is 13.3. The Morgan fingerprint density at radius 2 is 1.96 bits per heavy atom. The lowest BCUT2D eigenvalue weighted by atomic mass is 10.2. The number of carbonyl (C=O) groups excluding carboxylic acids is 2. The van der Waals surface area contributed by atoms with Crippen LogP contribution in [-0.4, -0.2) is 43.1 Å². The lowest BCUT2D eigenvalue weighted by Gasteiger charge is -2.15. The molecule has 0 radical (unpaired) electrons. The number of sulfonamides is 1. The molecule has 0 unspecified atom stereocenters. The first kappa shape index (κ1) is 19.3. The summed E-state index contributed by atoms with van der Waals surface area (Å²) in [5.41, 5.74) is -0.118. The standard InChI is InChI=1S/C17H15N3O7S/c1-27-14-7-6-11(20(23)24)10-13(14)18-16(21)8-9-19-17(22)12-4-2-3-5-15(12)28(19,25)26/h2-7,10H,8-9H2,1H3,(H,18,21). The van der Waals surface area contributed by atoms with Gasteiger partial charge in [-0.15, -0.1) is 0 Å². The number of nitro benzene ring substituents is 1. The van der Waals surface area contributed by atoms with E-state index in [9.17, 15) is 28.1 Å². The molecular formula is C17H15N3O7S. The number of fused-ring (bicyclic) bond motifs is 1. The van der Waals surface area contributed by atoms with Crippen LogP contribution in [0.4, 0.5) is 11.4 Å². The highest BCUT2D eigenvalue weighted by molar-refractivity contribution is 7.90. The zero-order valence-electron chi connectivity index (χ0n) is 14.6. The minimum atomic E-state index is -4.01. The number of non-ortho nitro benzene ring substituents is 1. The zero-order valence-corrected chi connectivity index (χ0v) is 15.4. The van der Waals surface area contributed by atoms with E-state index in [0.717, 1.165) is 6.07 Å². The average molecular weight is 405 g/mol. The molecule has 2 aromatic rings. The maximum Gasteiger partial charge on any atom is 0.271 e. The van der Waals surface area contributed by atoms with Crippen molar-refractivity contribution in [3.63, 3.8) is 0 Å².